The zero-order valence-electron chi connectivity index (χ0n) is 14.8. The quantitative estimate of drug-likeness (QED) is 0.491. The third-order valence-corrected chi connectivity index (χ3v) is 4.37. The maximum Gasteiger partial charge on any atom is 0.0221 e. The molecule has 0 bridgehead atoms. The van der Waals surface area contributed by atoms with Crippen LogP contribution in [0.15, 0.2) is 0 Å². The predicted octanol–water partition coefficient (Wildman–Crippen LogP) is 4.82. The van der Waals surface area contributed by atoms with Crippen molar-refractivity contribution in [2.45, 2.75) is 98.1 Å². The van der Waals surface area contributed by atoms with Gasteiger partial charge in [0.2, 0.25) is 0 Å². The molecule has 122 valence electrons. The van der Waals surface area contributed by atoms with Gasteiger partial charge in [0.15, 0.2) is 0 Å². The highest BCUT2D eigenvalue weighted by Gasteiger charge is 2.23. The molecule has 0 radical (unpaired) electrons. The van der Waals surface area contributed by atoms with Crippen molar-refractivity contribution >= 4 is 0 Å². The Balaban J connectivity index is 4.40. The van der Waals surface area contributed by atoms with Gasteiger partial charge in [0.05, 0.1) is 0 Å². The summed E-state index contributed by atoms with van der Waals surface area (Å²) in [7, 11) is 0. The van der Waals surface area contributed by atoms with E-state index < -0.39 is 0 Å². The third-order valence-electron chi connectivity index (χ3n) is 4.37. The van der Waals surface area contributed by atoms with Crippen LogP contribution in [-0.4, -0.2) is 30.1 Å². The molecule has 2 nitrogen and oxygen atoms in total. The van der Waals surface area contributed by atoms with E-state index in [1.807, 2.05) is 0 Å². The molecule has 0 aromatic rings. The first-order valence-electron chi connectivity index (χ1n) is 9.06. The zero-order valence-corrected chi connectivity index (χ0v) is 14.8. The molecule has 0 saturated carbocycles. The minimum absolute atomic E-state index is 0.587. The molecule has 1 unspecified atom stereocenters. The lowest BCUT2D eigenvalue weighted by atomic mass is 9.99. The highest BCUT2D eigenvalue weighted by Crippen LogP contribution is 2.19. The number of nitrogens with zero attached hydrogens (tertiary/aromatic N) is 1. The van der Waals surface area contributed by atoms with Crippen molar-refractivity contribution in [1.82, 2.24) is 4.90 Å². The number of hydrogen-bond acceptors (Lipinski definition) is 2. The fourth-order valence-corrected chi connectivity index (χ4v) is 3.18. The first-order chi connectivity index (χ1) is 9.60. The second-order valence-electron chi connectivity index (χ2n) is 6.65. The number of unbranched alkanes of at least 4 members (excludes halogenated alkanes) is 4. The summed E-state index contributed by atoms with van der Waals surface area (Å²) in [5, 5.41) is 0. The minimum Gasteiger partial charge on any atom is -0.329 e. The Morgan fingerprint density at radius 2 is 1.45 bits per heavy atom. The Bertz CT molecular complexity index is 200. The molecule has 0 aromatic carbocycles. The molecular formula is C18H40N2. The van der Waals surface area contributed by atoms with Crippen LogP contribution in [0.1, 0.15) is 86.0 Å². The van der Waals surface area contributed by atoms with E-state index in [0.29, 0.717) is 12.1 Å². The molecule has 0 rings (SSSR count). The Morgan fingerprint density at radius 1 is 0.850 bits per heavy atom. The van der Waals surface area contributed by atoms with Crippen LogP contribution in [0.5, 0.6) is 0 Å². The SMILES string of the molecule is CCCCCCCC(CN)N(CC(C)C)C(CC)CC. The summed E-state index contributed by atoms with van der Waals surface area (Å²) >= 11 is 0. The van der Waals surface area contributed by atoms with Gasteiger partial charge in [-0.1, -0.05) is 66.7 Å². The standard InChI is InChI=1S/C18H40N2/c1-6-9-10-11-12-13-18(14-19)20(15-16(4)5)17(7-2)8-3/h16-18H,6-15,19H2,1-5H3. The molecule has 0 saturated heterocycles. The predicted molar refractivity (Wildman–Crippen MR) is 92.1 cm³/mol. The molecule has 0 aromatic heterocycles. The summed E-state index contributed by atoms with van der Waals surface area (Å²) in [4.78, 5) is 2.71. The molecular weight excluding hydrogens is 244 g/mol. The number of rotatable bonds is 13. The maximum absolute atomic E-state index is 6.10. The van der Waals surface area contributed by atoms with Crippen molar-refractivity contribution in [2.24, 2.45) is 11.7 Å². The molecule has 0 fully saturated rings. The highest BCUT2D eigenvalue weighted by molar-refractivity contribution is 4.79. The van der Waals surface area contributed by atoms with Crippen LogP contribution in [0.2, 0.25) is 0 Å². The molecule has 0 aliphatic carbocycles. The lowest BCUT2D eigenvalue weighted by molar-refractivity contribution is 0.105. The van der Waals surface area contributed by atoms with E-state index in [2.05, 4.69) is 39.5 Å². The van der Waals surface area contributed by atoms with Crippen LogP contribution in [-0.2, 0) is 0 Å². The van der Waals surface area contributed by atoms with Gasteiger partial charge in [0, 0.05) is 25.2 Å². The van der Waals surface area contributed by atoms with Crippen molar-refractivity contribution < 1.29 is 0 Å². The Hall–Kier alpha value is -0.0800. The van der Waals surface area contributed by atoms with Crippen molar-refractivity contribution in [3.05, 3.63) is 0 Å². The monoisotopic (exact) mass is 284 g/mol. The van der Waals surface area contributed by atoms with E-state index in [-0.39, 0.29) is 0 Å². The molecule has 2 heteroatoms. The fourth-order valence-electron chi connectivity index (χ4n) is 3.18. The fraction of sp³-hybridized carbons (Fsp3) is 1.00. The topological polar surface area (TPSA) is 29.3 Å². The van der Waals surface area contributed by atoms with Gasteiger partial charge in [-0.2, -0.15) is 0 Å². The first kappa shape index (κ1) is 19.9. The van der Waals surface area contributed by atoms with Crippen LogP contribution in [0.3, 0.4) is 0 Å². The van der Waals surface area contributed by atoms with Crippen molar-refractivity contribution in [2.75, 3.05) is 13.1 Å². The van der Waals surface area contributed by atoms with E-state index in [1.54, 1.807) is 0 Å². The number of nitrogens with two attached hydrogens (primary N) is 1. The van der Waals surface area contributed by atoms with Gasteiger partial charge in [-0.25, -0.2) is 0 Å². The van der Waals surface area contributed by atoms with Crippen molar-refractivity contribution in [3.63, 3.8) is 0 Å². The summed E-state index contributed by atoms with van der Waals surface area (Å²) < 4.78 is 0. The van der Waals surface area contributed by atoms with Gasteiger partial charge >= 0.3 is 0 Å². The van der Waals surface area contributed by atoms with Gasteiger partial charge in [-0.3, -0.25) is 4.90 Å². The van der Waals surface area contributed by atoms with E-state index >= 15 is 0 Å². The van der Waals surface area contributed by atoms with Crippen LogP contribution in [0.25, 0.3) is 0 Å². The first-order valence-corrected chi connectivity index (χ1v) is 9.06. The average molecular weight is 285 g/mol. The van der Waals surface area contributed by atoms with Gasteiger partial charge in [-0.05, 0) is 25.2 Å². The average Bonchev–Trinajstić information content (AvgIpc) is 2.43. The van der Waals surface area contributed by atoms with E-state index in [0.717, 1.165) is 12.5 Å². The Labute approximate surface area is 128 Å². The molecule has 1 atom stereocenters. The molecule has 0 amide bonds. The van der Waals surface area contributed by atoms with Gasteiger partial charge in [0.25, 0.3) is 0 Å². The van der Waals surface area contributed by atoms with Gasteiger partial charge in [0.1, 0.15) is 0 Å². The molecule has 20 heavy (non-hydrogen) atoms. The summed E-state index contributed by atoms with van der Waals surface area (Å²) in [6.07, 6.45) is 10.6. The lowest BCUT2D eigenvalue weighted by Crippen LogP contribution is -2.48. The van der Waals surface area contributed by atoms with Crippen LogP contribution < -0.4 is 5.73 Å². The summed E-state index contributed by atoms with van der Waals surface area (Å²) in [5.74, 6) is 0.727. The van der Waals surface area contributed by atoms with Crippen molar-refractivity contribution in [1.29, 1.82) is 0 Å². The molecule has 0 aliphatic rings. The maximum atomic E-state index is 6.10. The van der Waals surface area contributed by atoms with Crippen LogP contribution in [0, 0.1) is 5.92 Å². The van der Waals surface area contributed by atoms with Crippen LogP contribution >= 0.6 is 0 Å². The third kappa shape index (κ3) is 8.26. The van der Waals surface area contributed by atoms with Gasteiger partial charge < -0.3 is 5.73 Å². The lowest BCUT2D eigenvalue weighted by Gasteiger charge is -2.38. The summed E-state index contributed by atoms with van der Waals surface area (Å²) in [6, 6.07) is 1.30. The van der Waals surface area contributed by atoms with Crippen molar-refractivity contribution in [3.8, 4) is 0 Å². The van der Waals surface area contributed by atoms with E-state index in [4.69, 9.17) is 5.73 Å². The largest absolute Gasteiger partial charge is 0.329 e. The molecule has 0 aliphatic heterocycles. The minimum atomic E-state index is 0.587. The second kappa shape index (κ2) is 12.6. The molecule has 2 N–H and O–H groups in total. The highest BCUT2D eigenvalue weighted by atomic mass is 15.2. The molecule has 0 heterocycles. The van der Waals surface area contributed by atoms with E-state index in [1.165, 1.54) is 57.9 Å². The van der Waals surface area contributed by atoms with Crippen LogP contribution in [0.4, 0.5) is 0 Å². The summed E-state index contributed by atoms with van der Waals surface area (Å²) in [5.41, 5.74) is 6.10. The van der Waals surface area contributed by atoms with E-state index in [9.17, 15) is 0 Å². The normalized spacial score (nSPS) is 13.7. The number of hydrogen-bond donors (Lipinski definition) is 1. The van der Waals surface area contributed by atoms with Gasteiger partial charge in [-0.15, -0.1) is 0 Å². The Morgan fingerprint density at radius 3 is 1.90 bits per heavy atom. The Kier molecular flexibility index (Phi) is 12.6. The smallest absolute Gasteiger partial charge is 0.0221 e. The second-order valence-corrected chi connectivity index (χ2v) is 6.65. The zero-order chi connectivity index (χ0) is 15.4. The summed E-state index contributed by atoms with van der Waals surface area (Å²) in [6.45, 7) is 13.6. The molecule has 0 spiro atoms.